The van der Waals surface area contributed by atoms with Gasteiger partial charge in [0.2, 0.25) is 10.0 Å². The van der Waals surface area contributed by atoms with E-state index in [4.69, 9.17) is 0 Å². The number of nitrogens with one attached hydrogen (secondary N) is 1. The van der Waals surface area contributed by atoms with Crippen molar-refractivity contribution in [3.05, 3.63) is 0 Å². The van der Waals surface area contributed by atoms with Crippen LogP contribution in [0.1, 0.15) is 46.5 Å². The predicted octanol–water partition coefficient (Wildman–Crippen LogP) is 1.83. The third kappa shape index (κ3) is 5.67. The zero-order chi connectivity index (χ0) is 13.6. The maximum Gasteiger partial charge on any atom is 0.214 e. The van der Waals surface area contributed by atoms with Crippen molar-refractivity contribution in [2.45, 2.75) is 52.5 Å². The van der Waals surface area contributed by atoms with E-state index < -0.39 is 10.0 Å². The predicted molar refractivity (Wildman–Crippen MR) is 76.1 cm³/mol. The van der Waals surface area contributed by atoms with Gasteiger partial charge in [-0.2, -0.15) is 0 Å². The minimum Gasteiger partial charge on any atom is -0.314 e. The van der Waals surface area contributed by atoms with Crippen molar-refractivity contribution in [1.82, 2.24) is 9.62 Å². The molecule has 1 aliphatic rings. The van der Waals surface area contributed by atoms with Gasteiger partial charge >= 0.3 is 0 Å². The SMILES string of the molecule is CC1CCCN(S(=O)(=O)CCCNC(C)C)CC1. The van der Waals surface area contributed by atoms with Gasteiger partial charge in [0.25, 0.3) is 0 Å². The van der Waals surface area contributed by atoms with E-state index in [-0.39, 0.29) is 5.75 Å². The van der Waals surface area contributed by atoms with Crippen molar-refractivity contribution in [1.29, 1.82) is 0 Å². The Kier molecular flexibility index (Phi) is 6.60. The van der Waals surface area contributed by atoms with E-state index in [0.29, 0.717) is 31.5 Å². The van der Waals surface area contributed by atoms with E-state index in [2.05, 4.69) is 26.1 Å². The van der Waals surface area contributed by atoms with E-state index in [0.717, 1.165) is 25.8 Å². The molecule has 1 saturated heterocycles. The van der Waals surface area contributed by atoms with Crippen molar-refractivity contribution in [2.24, 2.45) is 5.92 Å². The maximum absolute atomic E-state index is 12.2. The maximum atomic E-state index is 12.2. The van der Waals surface area contributed by atoms with E-state index in [1.165, 1.54) is 0 Å². The summed E-state index contributed by atoms with van der Waals surface area (Å²) in [6, 6.07) is 0.423. The van der Waals surface area contributed by atoms with Gasteiger partial charge < -0.3 is 5.32 Å². The molecule has 0 spiro atoms. The van der Waals surface area contributed by atoms with E-state index in [9.17, 15) is 8.42 Å². The number of nitrogens with zero attached hydrogens (tertiary/aromatic N) is 1. The molecule has 1 atom stereocenters. The Morgan fingerprint density at radius 1 is 1.28 bits per heavy atom. The fourth-order valence-corrected chi connectivity index (χ4v) is 3.85. The molecule has 0 aromatic rings. The van der Waals surface area contributed by atoms with Gasteiger partial charge in [-0.25, -0.2) is 12.7 Å². The van der Waals surface area contributed by atoms with Gasteiger partial charge in [-0.05, 0) is 38.1 Å². The Hall–Kier alpha value is -0.130. The zero-order valence-electron chi connectivity index (χ0n) is 12.0. The lowest BCUT2D eigenvalue weighted by Crippen LogP contribution is -2.35. The van der Waals surface area contributed by atoms with Crippen LogP contribution >= 0.6 is 0 Å². The van der Waals surface area contributed by atoms with E-state index in [1.54, 1.807) is 4.31 Å². The van der Waals surface area contributed by atoms with Crippen LogP contribution in [0, 0.1) is 5.92 Å². The molecule has 0 aromatic heterocycles. The van der Waals surface area contributed by atoms with Gasteiger partial charge in [-0.15, -0.1) is 0 Å². The minimum absolute atomic E-state index is 0.279. The van der Waals surface area contributed by atoms with Crippen LogP contribution in [0.5, 0.6) is 0 Å². The molecule has 18 heavy (non-hydrogen) atoms. The summed E-state index contributed by atoms with van der Waals surface area (Å²) in [5, 5.41) is 3.26. The zero-order valence-corrected chi connectivity index (χ0v) is 12.8. The minimum atomic E-state index is -3.03. The van der Waals surface area contributed by atoms with Crippen molar-refractivity contribution in [3.63, 3.8) is 0 Å². The van der Waals surface area contributed by atoms with Gasteiger partial charge in [0.05, 0.1) is 5.75 Å². The summed E-state index contributed by atoms with van der Waals surface area (Å²) in [7, 11) is -3.03. The molecule has 1 heterocycles. The highest BCUT2D eigenvalue weighted by atomic mass is 32.2. The fourth-order valence-electron chi connectivity index (χ4n) is 2.29. The molecule has 5 heteroatoms. The van der Waals surface area contributed by atoms with Gasteiger partial charge in [-0.3, -0.25) is 0 Å². The van der Waals surface area contributed by atoms with Crippen molar-refractivity contribution >= 4 is 10.0 Å². The second-order valence-corrected chi connectivity index (χ2v) is 7.80. The Bertz CT molecular complexity index is 328. The number of rotatable bonds is 6. The normalized spacial score (nSPS) is 23.2. The molecule has 0 amide bonds. The molecule has 1 aliphatic heterocycles. The topological polar surface area (TPSA) is 49.4 Å². The van der Waals surface area contributed by atoms with Gasteiger partial charge in [0.15, 0.2) is 0 Å². The first-order valence-corrected chi connectivity index (χ1v) is 8.74. The smallest absolute Gasteiger partial charge is 0.214 e. The summed E-state index contributed by atoms with van der Waals surface area (Å²) in [5.41, 5.74) is 0. The van der Waals surface area contributed by atoms with Crippen molar-refractivity contribution in [3.8, 4) is 0 Å². The van der Waals surface area contributed by atoms with Crippen LogP contribution in [-0.2, 0) is 10.0 Å². The summed E-state index contributed by atoms with van der Waals surface area (Å²) >= 11 is 0. The third-order valence-electron chi connectivity index (χ3n) is 3.50. The van der Waals surface area contributed by atoms with Crippen LogP contribution in [-0.4, -0.2) is 44.2 Å². The molecule has 108 valence electrons. The number of sulfonamides is 1. The molecule has 0 aliphatic carbocycles. The largest absolute Gasteiger partial charge is 0.314 e. The molecule has 1 unspecified atom stereocenters. The first-order valence-electron chi connectivity index (χ1n) is 7.13. The fraction of sp³-hybridized carbons (Fsp3) is 1.00. The standard InChI is InChI=1S/C13H28N2O2S/c1-12(2)14-8-5-11-18(16,17)15-9-4-6-13(3)7-10-15/h12-14H,4-11H2,1-3H3. The summed E-state index contributed by atoms with van der Waals surface area (Å²) in [6.45, 7) is 8.56. The van der Waals surface area contributed by atoms with Crippen LogP contribution < -0.4 is 5.32 Å². The molecular weight excluding hydrogens is 248 g/mol. The highest BCUT2D eigenvalue weighted by Gasteiger charge is 2.24. The first kappa shape index (κ1) is 15.9. The van der Waals surface area contributed by atoms with Gasteiger partial charge in [0.1, 0.15) is 0 Å². The van der Waals surface area contributed by atoms with Crippen LogP contribution in [0.3, 0.4) is 0 Å². The molecule has 1 fully saturated rings. The number of hydrogen-bond acceptors (Lipinski definition) is 3. The molecule has 0 bridgehead atoms. The highest BCUT2D eigenvalue weighted by molar-refractivity contribution is 7.89. The average Bonchev–Trinajstić information content (AvgIpc) is 2.49. The van der Waals surface area contributed by atoms with E-state index >= 15 is 0 Å². The molecular formula is C13H28N2O2S. The molecule has 0 saturated carbocycles. The molecule has 1 N–H and O–H groups in total. The Morgan fingerprint density at radius 3 is 2.67 bits per heavy atom. The molecule has 0 radical (unpaired) electrons. The van der Waals surface area contributed by atoms with Crippen LogP contribution in [0.2, 0.25) is 0 Å². The summed E-state index contributed by atoms with van der Waals surface area (Å²) in [5.74, 6) is 0.939. The lowest BCUT2D eigenvalue weighted by molar-refractivity contribution is 0.415. The van der Waals surface area contributed by atoms with Crippen LogP contribution in [0.25, 0.3) is 0 Å². The average molecular weight is 276 g/mol. The van der Waals surface area contributed by atoms with Gasteiger partial charge in [-0.1, -0.05) is 20.8 Å². The lowest BCUT2D eigenvalue weighted by atomic mass is 10.0. The number of hydrogen-bond donors (Lipinski definition) is 1. The first-order chi connectivity index (χ1) is 8.42. The van der Waals surface area contributed by atoms with Crippen LogP contribution in [0.4, 0.5) is 0 Å². The van der Waals surface area contributed by atoms with Crippen LogP contribution in [0.15, 0.2) is 0 Å². The third-order valence-corrected chi connectivity index (χ3v) is 5.46. The molecule has 1 rings (SSSR count). The second kappa shape index (κ2) is 7.46. The van der Waals surface area contributed by atoms with Crippen molar-refractivity contribution < 1.29 is 8.42 Å². The molecule has 4 nitrogen and oxygen atoms in total. The van der Waals surface area contributed by atoms with E-state index in [1.807, 2.05) is 0 Å². The monoisotopic (exact) mass is 276 g/mol. The Balaban J connectivity index is 2.37. The van der Waals surface area contributed by atoms with Crippen molar-refractivity contribution in [2.75, 3.05) is 25.4 Å². The second-order valence-electron chi connectivity index (χ2n) is 5.71. The summed E-state index contributed by atoms with van der Waals surface area (Å²) in [6.07, 6.45) is 3.86. The van der Waals surface area contributed by atoms with Gasteiger partial charge in [0, 0.05) is 19.1 Å². The lowest BCUT2D eigenvalue weighted by Gasteiger charge is -2.20. The quantitative estimate of drug-likeness (QED) is 0.753. The Morgan fingerprint density at radius 2 is 2.00 bits per heavy atom. The Labute approximate surface area is 112 Å². The highest BCUT2D eigenvalue weighted by Crippen LogP contribution is 2.19. The summed E-state index contributed by atoms with van der Waals surface area (Å²) in [4.78, 5) is 0. The molecule has 0 aromatic carbocycles. The summed E-state index contributed by atoms with van der Waals surface area (Å²) < 4.78 is 26.1.